The van der Waals surface area contributed by atoms with Gasteiger partial charge in [-0.15, -0.1) is 0 Å². The summed E-state index contributed by atoms with van der Waals surface area (Å²) in [4.78, 5) is 26.4. The molecule has 6 nitrogen and oxygen atoms in total. The van der Waals surface area contributed by atoms with Crippen LogP contribution in [0.5, 0.6) is 0 Å². The summed E-state index contributed by atoms with van der Waals surface area (Å²) in [5.41, 5.74) is 2.28. The molecule has 1 aliphatic heterocycles. The van der Waals surface area contributed by atoms with Gasteiger partial charge in [-0.05, 0) is 51.0 Å². The first-order valence-electron chi connectivity index (χ1n) is 7.70. The normalized spacial score (nSPS) is 14.1. The summed E-state index contributed by atoms with van der Waals surface area (Å²) in [5, 5.41) is 6.57. The van der Waals surface area contributed by atoms with Gasteiger partial charge in [-0.25, -0.2) is 0 Å². The predicted octanol–water partition coefficient (Wildman–Crippen LogP) is 2.78. The average Bonchev–Trinajstić information content (AvgIpc) is 3.17. The van der Waals surface area contributed by atoms with E-state index in [1.54, 1.807) is 38.1 Å². The van der Waals surface area contributed by atoms with Gasteiger partial charge in [0.1, 0.15) is 11.3 Å². The number of hydrogen-bond acceptors (Lipinski definition) is 4. The lowest BCUT2D eigenvalue weighted by Gasteiger charge is -2.15. The number of aromatic nitrogens is 1. The highest BCUT2D eigenvalue weighted by Crippen LogP contribution is 2.18. The SMILES string of the molecule is Cc1noc(C)c1C(=O)Nc1ccc(C(=O)N2CCCC2)cc1. The third-order valence-electron chi connectivity index (χ3n) is 4.04. The smallest absolute Gasteiger partial charge is 0.261 e. The number of carbonyl (C=O) groups excluding carboxylic acids is 2. The van der Waals surface area contributed by atoms with Crippen molar-refractivity contribution in [3.8, 4) is 0 Å². The van der Waals surface area contributed by atoms with Gasteiger partial charge in [-0.2, -0.15) is 0 Å². The summed E-state index contributed by atoms with van der Waals surface area (Å²) >= 11 is 0. The van der Waals surface area contributed by atoms with Gasteiger partial charge < -0.3 is 14.7 Å². The third kappa shape index (κ3) is 3.11. The van der Waals surface area contributed by atoms with Crippen molar-refractivity contribution < 1.29 is 14.1 Å². The van der Waals surface area contributed by atoms with Crippen molar-refractivity contribution in [2.24, 2.45) is 0 Å². The first-order chi connectivity index (χ1) is 11.1. The van der Waals surface area contributed by atoms with E-state index in [-0.39, 0.29) is 11.8 Å². The number of amides is 2. The summed E-state index contributed by atoms with van der Waals surface area (Å²) in [6.07, 6.45) is 2.13. The highest BCUT2D eigenvalue weighted by atomic mass is 16.5. The van der Waals surface area contributed by atoms with Crippen LogP contribution in [0.1, 0.15) is 45.0 Å². The maximum Gasteiger partial charge on any atom is 0.261 e. The highest BCUT2D eigenvalue weighted by Gasteiger charge is 2.20. The molecule has 2 aromatic rings. The zero-order valence-corrected chi connectivity index (χ0v) is 13.3. The fraction of sp³-hybridized carbons (Fsp3) is 0.353. The Morgan fingerprint density at radius 1 is 1.13 bits per heavy atom. The van der Waals surface area contributed by atoms with E-state index < -0.39 is 0 Å². The van der Waals surface area contributed by atoms with Gasteiger partial charge in [0, 0.05) is 24.3 Å². The topological polar surface area (TPSA) is 75.4 Å². The van der Waals surface area contributed by atoms with E-state index in [0.717, 1.165) is 25.9 Å². The number of nitrogens with zero attached hydrogens (tertiary/aromatic N) is 2. The van der Waals surface area contributed by atoms with Crippen molar-refractivity contribution in [2.75, 3.05) is 18.4 Å². The molecule has 23 heavy (non-hydrogen) atoms. The van der Waals surface area contributed by atoms with Gasteiger partial charge >= 0.3 is 0 Å². The van der Waals surface area contributed by atoms with Gasteiger partial charge in [-0.3, -0.25) is 9.59 Å². The average molecular weight is 313 g/mol. The molecular weight excluding hydrogens is 294 g/mol. The summed E-state index contributed by atoms with van der Waals surface area (Å²) in [6, 6.07) is 6.95. The maximum absolute atomic E-state index is 12.3. The molecule has 120 valence electrons. The van der Waals surface area contributed by atoms with Gasteiger partial charge in [-0.1, -0.05) is 5.16 Å². The van der Waals surface area contributed by atoms with Crippen LogP contribution in [0, 0.1) is 13.8 Å². The lowest BCUT2D eigenvalue weighted by atomic mass is 10.1. The number of likely N-dealkylation sites (tertiary alicyclic amines) is 1. The Labute approximate surface area is 134 Å². The minimum Gasteiger partial charge on any atom is -0.361 e. The molecule has 6 heteroatoms. The van der Waals surface area contributed by atoms with Gasteiger partial charge in [0.25, 0.3) is 11.8 Å². The second-order valence-corrected chi connectivity index (χ2v) is 5.73. The minimum atomic E-state index is -0.264. The molecule has 2 amide bonds. The van der Waals surface area contributed by atoms with E-state index in [1.807, 2.05) is 4.90 Å². The van der Waals surface area contributed by atoms with Crippen molar-refractivity contribution in [1.29, 1.82) is 0 Å². The van der Waals surface area contributed by atoms with Crippen LogP contribution in [0.4, 0.5) is 5.69 Å². The van der Waals surface area contributed by atoms with Crippen molar-refractivity contribution in [1.82, 2.24) is 10.1 Å². The second-order valence-electron chi connectivity index (χ2n) is 5.73. The zero-order chi connectivity index (χ0) is 16.4. The predicted molar refractivity (Wildman–Crippen MR) is 85.5 cm³/mol. The molecule has 1 fully saturated rings. The van der Waals surface area contributed by atoms with Crippen LogP contribution in [0.3, 0.4) is 0 Å². The highest BCUT2D eigenvalue weighted by molar-refractivity contribution is 6.05. The number of hydrogen-bond donors (Lipinski definition) is 1. The standard InChI is InChI=1S/C17H19N3O3/c1-11-15(12(2)23-19-11)16(21)18-14-7-5-13(6-8-14)17(22)20-9-3-4-10-20/h5-8H,3-4,9-10H2,1-2H3,(H,18,21). The molecule has 3 rings (SSSR count). The first-order valence-corrected chi connectivity index (χ1v) is 7.70. The number of aryl methyl sites for hydroxylation is 2. The Kier molecular flexibility index (Phi) is 4.14. The van der Waals surface area contributed by atoms with Crippen LogP contribution in [0.15, 0.2) is 28.8 Å². The Bertz CT molecular complexity index is 709. The number of carbonyl (C=O) groups is 2. The van der Waals surface area contributed by atoms with Crippen LogP contribution >= 0.6 is 0 Å². The van der Waals surface area contributed by atoms with E-state index in [0.29, 0.717) is 28.3 Å². The van der Waals surface area contributed by atoms with E-state index in [1.165, 1.54) is 0 Å². The van der Waals surface area contributed by atoms with Gasteiger partial charge in [0.2, 0.25) is 0 Å². The quantitative estimate of drug-likeness (QED) is 0.945. The minimum absolute atomic E-state index is 0.0473. The second kappa shape index (κ2) is 6.24. The fourth-order valence-electron chi connectivity index (χ4n) is 2.80. The fourth-order valence-corrected chi connectivity index (χ4v) is 2.80. The molecule has 0 spiro atoms. The molecule has 1 saturated heterocycles. The first kappa shape index (κ1) is 15.3. The van der Waals surface area contributed by atoms with Crippen LogP contribution in [0.25, 0.3) is 0 Å². The number of nitrogens with one attached hydrogen (secondary N) is 1. The summed E-state index contributed by atoms with van der Waals surface area (Å²) < 4.78 is 5.00. The summed E-state index contributed by atoms with van der Waals surface area (Å²) in [7, 11) is 0. The van der Waals surface area contributed by atoms with E-state index in [2.05, 4.69) is 10.5 Å². The molecule has 1 aromatic carbocycles. The molecule has 0 bridgehead atoms. The third-order valence-corrected chi connectivity index (χ3v) is 4.04. The molecular formula is C17H19N3O3. The van der Waals surface area contributed by atoms with Crippen molar-refractivity contribution in [3.05, 3.63) is 46.8 Å². The van der Waals surface area contributed by atoms with Crippen LogP contribution in [0.2, 0.25) is 0 Å². The monoisotopic (exact) mass is 313 g/mol. The summed E-state index contributed by atoms with van der Waals surface area (Å²) in [5.74, 6) is 0.270. The van der Waals surface area contributed by atoms with E-state index in [9.17, 15) is 9.59 Å². The molecule has 0 unspecified atom stereocenters. The van der Waals surface area contributed by atoms with Crippen LogP contribution < -0.4 is 5.32 Å². The molecule has 0 radical (unpaired) electrons. The van der Waals surface area contributed by atoms with Crippen molar-refractivity contribution in [3.63, 3.8) is 0 Å². The van der Waals surface area contributed by atoms with Crippen molar-refractivity contribution >= 4 is 17.5 Å². The van der Waals surface area contributed by atoms with Crippen molar-refractivity contribution in [2.45, 2.75) is 26.7 Å². The van der Waals surface area contributed by atoms with E-state index in [4.69, 9.17) is 4.52 Å². The lowest BCUT2D eigenvalue weighted by molar-refractivity contribution is 0.0792. The molecule has 1 N–H and O–H groups in total. The molecule has 0 saturated carbocycles. The molecule has 2 heterocycles. The Balaban J connectivity index is 1.70. The molecule has 0 atom stereocenters. The zero-order valence-electron chi connectivity index (χ0n) is 13.3. The molecule has 1 aliphatic rings. The maximum atomic E-state index is 12.3. The van der Waals surface area contributed by atoms with Gasteiger partial charge in [0.05, 0.1) is 5.69 Å². The Hall–Kier alpha value is -2.63. The molecule has 1 aromatic heterocycles. The van der Waals surface area contributed by atoms with Crippen LogP contribution in [-0.2, 0) is 0 Å². The number of anilines is 1. The van der Waals surface area contributed by atoms with Gasteiger partial charge in [0.15, 0.2) is 0 Å². The lowest BCUT2D eigenvalue weighted by Crippen LogP contribution is -2.27. The largest absolute Gasteiger partial charge is 0.361 e. The van der Waals surface area contributed by atoms with Crippen LogP contribution in [-0.4, -0.2) is 35.0 Å². The Morgan fingerprint density at radius 3 is 2.35 bits per heavy atom. The Morgan fingerprint density at radius 2 is 1.78 bits per heavy atom. The number of benzene rings is 1. The number of rotatable bonds is 3. The summed E-state index contributed by atoms with van der Waals surface area (Å²) in [6.45, 7) is 5.07. The van der Waals surface area contributed by atoms with E-state index >= 15 is 0 Å². The molecule has 0 aliphatic carbocycles.